The summed E-state index contributed by atoms with van der Waals surface area (Å²) in [4.78, 5) is 14.7. The minimum Gasteiger partial charge on any atom is -0.334 e. The first-order valence-corrected chi connectivity index (χ1v) is 8.12. The van der Waals surface area contributed by atoms with Crippen LogP contribution >= 0.6 is 11.6 Å². The molecular weight excluding hydrogens is 326 g/mol. The number of aromatic nitrogens is 4. The Hall–Kier alpha value is -2.60. The zero-order chi connectivity index (χ0) is 16.7. The van der Waals surface area contributed by atoms with Gasteiger partial charge in [-0.2, -0.15) is 10.2 Å². The number of halogens is 1. The zero-order valence-corrected chi connectivity index (χ0v) is 13.9. The summed E-state index contributed by atoms with van der Waals surface area (Å²) in [5, 5.41) is 12.2. The van der Waals surface area contributed by atoms with E-state index in [0.717, 1.165) is 23.4 Å². The molecule has 7 heteroatoms. The number of rotatable bonds is 2. The fourth-order valence-corrected chi connectivity index (χ4v) is 3.09. The maximum absolute atomic E-state index is 12.9. The highest BCUT2D eigenvalue weighted by molar-refractivity contribution is 6.30. The van der Waals surface area contributed by atoms with E-state index in [2.05, 4.69) is 15.3 Å². The van der Waals surface area contributed by atoms with Crippen molar-refractivity contribution < 1.29 is 4.79 Å². The van der Waals surface area contributed by atoms with Gasteiger partial charge in [0.25, 0.3) is 5.91 Å². The predicted octanol–water partition coefficient (Wildman–Crippen LogP) is 2.76. The maximum atomic E-state index is 12.9. The lowest BCUT2D eigenvalue weighted by Gasteiger charge is -2.26. The van der Waals surface area contributed by atoms with Crippen molar-refractivity contribution >= 4 is 17.5 Å². The molecule has 0 radical (unpaired) electrons. The highest BCUT2D eigenvalue weighted by Gasteiger charge is 2.25. The molecule has 0 saturated carbocycles. The van der Waals surface area contributed by atoms with Crippen molar-refractivity contribution in [3.63, 3.8) is 0 Å². The average molecular weight is 342 g/mol. The van der Waals surface area contributed by atoms with Crippen molar-refractivity contribution in [2.45, 2.75) is 19.9 Å². The Kier molecular flexibility index (Phi) is 3.61. The van der Waals surface area contributed by atoms with E-state index in [9.17, 15) is 4.79 Å². The Balaban J connectivity index is 1.60. The molecule has 2 aromatic heterocycles. The molecule has 0 bridgehead atoms. The number of carbonyl (C=O) groups is 1. The number of hydrogen-bond donors (Lipinski definition) is 1. The number of aromatic amines is 1. The van der Waals surface area contributed by atoms with Gasteiger partial charge in [-0.25, -0.2) is 4.68 Å². The number of aryl methyl sites for hydroxylation is 1. The molecule has 4 rings (SSSR count). The third-order valence-electron chi connectivity index (χ3n) is 4.31. The molecule has 122 valence electrons. The number of amides is 1. The Morgan fingerprint density at radius 2 is 2.08 bits per heavy atom. The van der Waals surface area contributed by atoms with Gasteiger partial charge in [-0.05, 0) is 31.2 Å². The van der Waals surface area contributed by atoms with E-state index >= 15 is 0 Å². The largest absolute Gasteiger partial charge is 0.334 e. The van der Waals surface area contributed by atoms with Gasteiger partial charge in [0.1, 0.15) is 0 Å². The Morgan fingerprint density at radius 3 is 2.88 bits per heavy atom. The second-order valence-electron chi connectivity index (χ2n) is 5.90. The summed E-state index contributed by atoms with van der Waals surface area (Å²) in [6, 6.07) is 7.37. The minimum absolute atomic E-state index is 0.000404. The molecule has 0 saturated heterocycles. The quantitative estimate of drug-likeness (QED) is 0.779. The summed E-state index contributed by atoms with van der Waals surface area (Å²) in [6.07, 6.45) is 4.37. The number of benzene rings is 1. The second-order valence-corrected chi connectivity index (χ2v) is 6.34. The van der Waals surface area contributed by atoms with Crippen LogP contribution in [0.5, 0.6) is 0 Å². The van der Waals surface area contributed by atoms with Crippen LogP contribution in [0.3, 0.4) is 0 Å². The van der Waals surface area contributed by atoms with Crippen molar-refractivity contribution in [1.29, 1.82) is 0 Å². The van der Waals surface area contributed by atoms with Crippen LogP contribution in [0, 0.1) is 6.92 Å². The van der Waals surface area contributed by atoms with E-state index in [4.69, 9.17) is 11.6 Å². The van der Waals surface area contributed by atoms with Gasteiger partial charge in [0.05, 0.1) is 23.1 Å². The fraction of sp³-hybridized carbons (Fsp3) is 0.235. The normalized spacial score (nSPS) is 13.8. The van der Waals surface area contributed by atoms with Gasteiger partial charge < -0.3 is 4.90 Å². The molecule has 1 aliphatic heterocycles. The monoisotopic (exact) mass is 341 g/mol. The molecule has 0 atom stereocenters. The van der Waals surface area contributed by atoms with Gasteiger partial charge in [-0.3, -0.25) is 9.89 Å². The summed E-state index contributed by atoms with van der Waals surface area (Å²) < 4.78 is 1.71. The lowest BCUT2D eigenvalue weighted by molar-refractivity contribution is 0.0733. The van der Waals surface area contributed by atoms with E-state index < -0.39 is 0 Å². The van der Waals surface area contributed by atoms with Crippen LogP contribution in [0.1, 0.15) is 27.3 Å². The lowest BCUT2D eigenvalue weighted by atomic mass is 10.1. The molecule has 0 fully saturated rings. The summed E-state index contributed by atoms with van der Waals surface area (Å²) >= 11 is 5.92. The van der Waals surface area contributed by atoms with Crippen molar-refractivity contribution in [3.05, 3.63) is 64.2 Å². The van der Waals surface area contributed by atoms with E-state index in [1.807, 2.05) is 24.0 Å². The van der Waals surface area contributed by atoms with Crippen molar-refractivity contribution in [2.24, 2.45) is 0 Å². The SMILES string of the molecule is Cc1nn(-c2ccc(Cl)cc2)cc1C(=O)N1CCc2[nH]ncc2C1. The van der Waals surface area contributed by atoms with Crippen molar-refractivity contribution in [2.75, 3.05) is 6.54 Å². The van der Waals surface area contributed by atoms with Crippen LogP contribution in [0.15, 0.2) is 36.7 Å². The highest BCUT2D eigenvalue weighted by atomic mass is 35.5. The smallest absolute Gasteiger partial charge is 0.257 e. The summed E-state index contributed by atoms with van der Waals surface area (Å²) in [7, 11) is 0. The van der Waals surface area contributed by atoms with Crippen molar-refractivity contribution in [3.8, 4) is 5.69 Å². The van der Waals surface area contributed by atoms with Crippen LogP contribution < -0.4 is 0 Å². The Labute approximate surface area is 144 Å². The average Bonchev–Trinajstić information content (AvgIpc) is 3.20. The molecule has 0 unspecified atom stereocenters. The molecular formula is C17H16ClN5O. The number of carbonyl (C=O) groups excluding carboxylic acids is 1. The van der Waals surface area contributed by atoms with Gasteiger partial charge in [0.2, 0.25) is 0 Å². The molecule has 1 aromatic carbocycles. The third-order valence-corrected chi connectivity index (χ3v) is 4.56. The third kappa shape index (κ3) is 2.59. The molecule has 0 aliphatic carbocycles. The molecule has 1 N–H and O–H groups in total. The maximum Gasteiger partial charge on any atom is 0.257 e. The molecule has 1 aliphatic rings. The van der Waals surface area contributed by atoms with Gasteiger partial charge in [-0.15, -0.1) is 0 Å². The van der Waals surface area contributed by atoms with E-state index in [0.29, 0.717) is 29.4 Å². The molecule has 6 nitrogen and oxygen atoms in total. The van der Waals surface area contributed by atoms with Gasteiger partial charge in [0.15, 0.2) is 0 Å². The molecule has 3 aromatic rings. The standard InChI is InChI=1S/C17H16ClN5O/c1-11-15(10-23(21-11)14-4-2-13(18)3-5-14)17(24)22-7-6-16-12(9-22)8-19-20-16/h2-5,8,10H,6-7,9H2,1H3,(H,19,20). The molecule has 3 heterocycles. The minimum atomic E-state index is -0.000404. The summed E-state index contributed by atoms with van der Waals surface area (Å²) in [5.74, 6) is -0.000404. The number of nitrogens with zero attached hydrogens (tertiary/aromatic N) is 4. The lowest BCUT2D eigenvalue weighted by Crippen LogP contribution is -2.35. The van der Waals surface area contributed by atoms with Crippen LogP contribution in [0.4, 0.5) is 0 Å². The second kappa shape index (κ2) is 5.79. The van der Waals surface area contributed by atoms with Crippen LogP contribution in [-0.2, 0) is 13.0 Å². The van der Waals surface area contributed by atoms with Gasteiger partial charge in [0, 0.05) is 42.0 Å². The molecule has 24 heavy (non-hydrogen) atoms. The van der Waals surface area contributed by atoms with E-state index in [-0.39, 0.29) is 5.91 Å². The molecule has 1 amide bonds. The number of H-pyrrole nitrogens is 1. The number of hydrogen-bond acceptors (Lipinski definition) is 3. The van der Waals surface area contributed by atoms with E-state index in [1.54, 1.807) is 29.2 Å². The first kappa shape index (κ1) is 15.0. The van der Waals surface area contributed by atoms with Crippen LogP contribution in [-0.4, -0.2) is 37.3 Å². The van der Waals surface area contributed by atoms with Crippen LogP contribution in [0.2, 0.25) is 5.02 Å². The first-order valence-electron chi connectivity index (χ1n) is 7.74. The Bertz CT molecular complexity index is 896. The highest BCUT2D eigenvalue weighted by Crippen LogP contribution is 2.21. The fourth-order valence-electron chi connectivity index (χ4n) is 2.96. The van der Waals surface area contributed by atoms with E-state index in [1.165, 1.54) is 0 Å². The summed E-state index contributed by atoms with van der Waals surface area (Å²) in [5.41, 5.74) is 4.41. The summed E-state index contributed by atoms with van der Waals surface area (Å²) in [6.45, 7) is 3.11. The number of fused-ring (bicyclic) bond motifs is 1. The number of nitrogens with one attached hydrogen (secondary N) is 1. The van der Waals surface area contributed by atoms with Crippen LogP contribution in [0.25, 0.3) is 5.69 Å². The van der Waals surface area contributed by atoms with Gasteiger partial charge >= 0.3 is 0 Å². The van der Waals surface area contributed by atoms with Crippen molar-refractivity contribution in [1.82, 2.24) is 24.9 Å². The molecule has 0 spiro atoms. The van der Waals surface area contributed by atoms with Gasteiger partial charge in [-0.1, -0.05) is 11.6 Å². The zero-order valence-electron chi connectivity index (χ0n) is 13.2. The predicted molar refractivity (Wildman–Crippen MR) is 90.3 cm³/mol. The Morgan fingerprint density at radius 1 is 1.29 bits per heavy atom. The first-order chi connectivity index (χ1) is 11.6. The topological polar surface area (TPSA) is 66.8 Å².